The van der Waals surface area contributed by atoms with Crippen LogP contribution in [0.2, 0.25) is 0 Å². The Hall–Kier alpha value is -4.28. The fourth-order valence-electron chi connectivity index (χ4n) is 3.83. The Bertz CT molecular complexity index is 1190. The summed E-state index contributed by atoms with van der Waals surface area (Å²) >= 11 is 0. The van der Waals surface area contributed by atoms with E-state index in [9.17, 15) is 19.3 Å². The minimum Gasteiger partial charge on any atom is -0.481 e. The summed E-state index contributed by atoms with van der Waals surface area (Å²) < 4.78 is 14.9. The number of hydrogen-bond donors (Lipinski definition) is 3. The average molecular weight is 466 g/mol. The summed E-state index contributed by atoms with van der Waals surface area (Å²) in [6, 6.07) is 11.0. The third-order valence-electron chi connectivity index (χ3n) is 5.69. The molecule has 1 saturated heterocycles. The van der Waals surface area contributed by atoms with Crippen LogP contribution in [0.3, 0.4) is 0 Å². The quantitative estimate of drug-likeness (QED) is 0.330. The van der Waals surface area contributed by atoms with E-state index < -0.39 is 22.6 Å². The van der Waals surface area contributed by atoms with Gasteiger partial charge in [0.25, 0.3) is 0 Å². The SMILES string of the molecule is O=C(O)C1CCN(c2ccc(Nc3nc(NCc4ccncc4)ccc3[N+](=O)[O-])cc2F)CC1. The number of hydrogen-bond acceptors (Lipinski definition) is 8. The van der Waals surface area contributed by atoms with Crippen LogP contribution in [0.15, 0.2) is 54.9 Å². The molecule has 2 aromatic heterocycles. The number of rotatable bonds is 8. The molecular weight excluding hydrogens is 443 g/mol. The molecule has 3 N–H and O–H groups in total. The van der Waals surface area contributed by atoms with Crippen molar-refractivity contribution in [1.29, 1.82) is 0 Å². The first-order valence-electron chi connectivity index (χ1n) is 10.7. The fourth-order valence-corrected chi connectivity index (χ4v) is 3.83. The third kappa shape index (κ3) is 5.37. The summed E-state index contributed by atoms with van der Waals surface area (Å²) in [7, 11) is 0. The van der Waals surface area contributed by atoms with Crippen molar-refractivity contribution in [3.63, 3.8) is 0 Å². The van der Waals surface area contributed by atoms with E-state index in [-0.39, 0.29) is 11.5 Å². The second-order valence-corrected chi connectivity index (χ2v) is 7.92. The molecule has 3 heterocycles. The van der Waals surface area contributed by atoms with Gasteiger partial charge in [-0.3, -0.25) is 19.9 Å². The van der Waals surface area contributed by atoms with Crippen LogP contribution in [-0.4, -0.2) is 39.1 Å². The number of benzene rings is 1. The maximum atomic E-state index is 14.9. The number of nitro groups is 1. The van der Waals surface area contributed by atoms with Crippen LogP contribution in [0, 0.1) is 21.8 Å². The van der Waals surface area contributed by atoms with E-state index in [1.165, 1.54) is 18.2 Å². The van der Waals surface area contributed by atoms with E-state index in [1.54, 1.807) is 24.5 Å². The zero-order valence-corrected chi connectivity index (χ0v) is 18.1. The molecule has 0 amide bonds. The van der Waals surface area contributed by atoms with Crippen molar-refractivity contribution < 1.29 is 19.2 Å². The van der Waals surface area contributed by atoms with Gasteiger partial charge in [0, 0.05) is 43.8 Å². The maximum Gasteiger partial charge on any atom is 0.311 e. The molecule has 1 aliphatic heterocycles. The first kappa shape index (κ1) is 22.9. The van der Waals surface area contributed by atoms with Crippen LogP contribution in [0.1, 0.15) is 18.4 Å². The highest BCUT2D eigenvalue weighted by Gasteiger charge is 2.26. The number of carboxylic acids is 1. The van der Waals surface area contributed by atoms with Crippen LogP contribution in [0.4, 0.5) is 33.1 Å². The number of carboxylic acid groups (broad SMARTS) is 1. The lowest BCUT2D eigenvalue weighted by Crippen LogP contribution is -2.36. The van der Waals surface area contributed by atoms with Gasteiger partial charge in [-0.2, -0.15) is 0 Å². The largest absolute Gasteiger partial charge is 0.481 e. The van der Waals surface area contributed by atoms with E-state index in [4.69, 9.17) is 5.11 Å². The molecule has 0 unspecified atom stereocenters. The summed E-state index contributed by atoms with van der Waals surface area (Å²) in [6.07, 6.45) is 4.23. The molecule has 10 nitrogen and oxygen atoms in total. The zero-order chi connectivity index (χ0) is 24.1. The standard InChI is InChI=1S/C23H23FN6O4/c24-18-13-17(1-2-19(18)29-11-7-16(8-12-29)23(31)32)27-22-20(30(33)34)3-4-21(28-22)26-14-15-5-9-25-10-6-15/h1-6,9-10,13,16H,7-8,11-12,14H2,(H,31,32)(H2,26,27,28). The van der Waals surface area contributed by atoms with E-state index in [0.717, 1.165) is 5.56 Å². The van der Waals surface area contributed by atoms with Crippen LogP contribution in [-0.2, 0) is 11.3 Å². The van der Waals surface area contributed by atoms with E-state index >= 15 is 0 Å². The van der Waals surface area contributed by atoms with E-state index in [2.05, 4.69) is 20.6 Å². The van der Waals surface area contributed by atoms with Gasteiger partial charge in [-0.05, 0) is 54.8 Å². The van der Waals surface area contributed by atoms with Gasteiger partial charge in [-0.15, -0.1) is 0 Å². The number of halogens is 1. The summed E-state index contributed by atoms with van der Waals surface area (Å²) in [5.74, 6) is -1.34. The predicted octanol–water partition coefficient (Wildman–Crippen LogP) is 4.18. The molecule has 1 fully saturated rings. The highest BCUT2D eigenvalue weighted by Crippen LogP contribution is 2.31. The zero-order valence-electron chi connectivity index (χ0n) is 18.1. The van der Waals surface area contributed by atoms with Gasteiger partial charge in [0.1, 0.15) is 11.6 Å². The Labute approximate surface area is 194 Å². The Morgan fingerprint density at radius 1 is 1.18 bits per heavy atom. The number of anilines is 4. The van der Waals surface area contributed by atoms with Crippen molar-refractivity contribution in [1.82, 2.24) is 9.97 Å². The summed E-state index contributed by atoms with van der Waals surface area (Å²) in [4.78, 5) is 32.1. The molecule has 0 spiro atoms. The van der Waals surface area contributed by atoms with Crippen LogP contribution in [0.5, 0.6) is 0 Å². The molecule has 4 rings (SSSR count). The predicted molar refractivity (Wildman–Crippen MR) is 125 cm³/mol. The summed E-state index contributed by atoms with van der Waals surface area (Å²) in [6.45, 7) is 1.34. The second kappa shape index (κ2) is 10.1. The van der Waals surface area contributed by atoms with Crippen molar-refractivity contribution in [2.75, 3.05) is 28.6 Å². The highest BCUT2D eigenvalue weighted by molar-refractivity contribution is 5.71. The molecule has 0 saturated carbocycles. The number of aromatic nitrogens is 2. The lowest BCUT2D eigenvalue weighted by Gasteiger charge is -2.32. The van der Waals surface area contributed by atoms with Crippen molar-refractivity contribution in [3.05, 3.63) is 76.4 Å². The Morgan fingerprint density at radius 2 is 1.91 bits per heavy atom. The number of carbonyl (C=O) groups is 1. The lowest BCUT2D eigenvalue weighted by atomic mass is 9.96. The number of nitrogens with one attached hydrogen (secondary N) is 2. The minimum atomic E-state index is -0.828. The Kier molecular flexibility index (Phi) is 6.81. The summed E-state index contributed by atoms with van der Waals surface area (Å²) in [5, 5.41) is 26.6. The lowest BCUT2D eigenvalue weighted by molar-refractivity contribution is -0.384. The minimum absolute atomic E-state index is 0.0147. The monoisotopic (exact) mass is 466 g/mol. The number of aliphatic carboxylic acids is 1. The van der Waals surface area contributed by atoms with Gasteiger partial charge in [-0.25, -0.2) is 9.37 Å². The molecule has 0 bridgehead atoms. The summed E-state index contributed by atoms with van der Waals surface area (Å²) in [5.41, 5.74) is 1.40. The van der Waals surface area contributed by atoms with Gasteiger partial charge in [-0.1, -0.05) is 0 Å². The molecular formula is C23H23FN6O4. The Balaban J connectivity index is 1.49. The molecule has 176 valence electrons. The molecule has 34 heavy (non-hydrogen) atoms. The van der Waals surface area contributed by atoms with Crippen LogP contribution >= 0.6 is 0 Å². The smallest absolute Gasteiger partial charge is 0.311 e. The number of pyridine rings is 2. The van der Waals surface area contributed by atoms with Gasteiger partial charge in [0.15, 0.2) is 0 Å². The van der Waals surface area contributed by atoms with Crippen molar-refractivity contribution in [2.45, 2.75) is 19.4 Å². The molecule has 1 aromatic carbocycles. The topological polar surface area (TPSA) is 134 Å². The molecule has 0 atom stereocenters. The van der Waals surface area contributed by atoms with Crippen LogP contribution < -0.4 is 15.5 Å². The third-order valence-corrected chi connectivity index (χ3v) is 5.69. The van der Waals surface area contributed by atoms with Crippen molar-refractivity contribution in [3.8, 4) is 0 Å². The van der Waals surface area contributed by atoms with Gasteiger partial charge < -0.3 is 20.6 Å². The normalized spacial score (nSPS) is 14.0. The second-order valence-electron chi connectivity index (χ2n) is 7.92. The Morgan fingerprint density at radius 3 is 2.56 bits per heavy atom. The maximum absolute atomic E-state index is 14.9. The molecule has 0 radical (unpaired) electrons. The van der Waals surface area contributed by atoms with E-state index in [1.807, 2.05) is 17.0 Å². The molecule has 0 aliphatic carbocycles. The average Bonchev–Trinajstić information content (AvgIpc) is 2.83. The first-order valence-corrected chi connectivity index (χ1v) is 10.7. The molecule has 1 aliphatic rings. The van der Waals surface area contributed by atoms with E-state index in [0.29, 0.717) is 49.7 Å². The highest BCUT2D eigenvalue weighted by atomic mass is 19.1. The number of piperidine rings is 1. The van der Waals surface area contributed by atoms with Crippen molar-refractivity contribution >= 4 is 34.7 Å². The van der Waals surface area contributed by atoms with Crippen LogP contribution in [0.25, 0.3) is 0 Å². The first-order chi connectivity index (χ1) is 16.4. The van der Waals surface area contributed by atoms with Gasteiger partial charge in [0.05, 0.1) is 16.5 Å². The molecule has 3 aromatic rings. The van der Waals surface area contributed by atoms with Gasteiger partial charge >= 0.3 is 11.7 Å². The van der Waals surface area contributed by atoms with Crippen molar-refractivity contribution in [2.24, 2.45) is 5.92 Å². The fraction of sp³-hybridized carbons (Fsp3) is 0.261. The van der Waals surface area contributed by atoms with Gasteiger partial charge in [0.2, 0.25) is 5.82 Å². The number of nitrogens with zero attached hydrogens (tertiary/aromatic N) is 4. The molecule has 11 heteroatoms.